The van der Waals surface area contributed by atoms with E-state index < -0.39 is 0 Å². The molecule has 14 heavy (non-hydrogen) atoms. The third-order valence-electron chi connectivity index (χ3n) is 2.78. The molecule has 1 nitrogen and oxygen atoms in total. The molecule has 0 aromatic heterocycles. The van der Waals surface area contributed by atoms with E-state index in [9.17, 15) is 0 Å². The molecule has 1 fully saturated rings. The number of rotatable bonds is 4. The standard InChI is InChI=1S/C12H22OS/c1-3-9-13-10-8-12(2)7-5-4-6-11-14-12/h3,9H,4-8,10-11H2,1-2H3/b9-3+. The Balaban J connectivity index is 2.24. The van der Waals surface area contributed by atoms with Crippen LogP contribution in [0.25, 0.3) is 0 Å². The minimum Gasteiger partial charge on any atom is -0.501 e. The smallest absolute Gasteiger partial charge is 0.0886 e. The van der Waals surface area contributed by atoms with Crippen molar-refractivity contribution in [3.05, 3.63) is 12.3 Å². The Morgan fingerprint density at radius 1 is 1.36 bits per heavy atom. The summed E-state index contributed by atoms with van der Waals surface area (Å²) in [4.78, 5) is 0. The lowest BCUT2D eigenvalue weighted by Gasteiger charge is -2.26. The number of hydrogen-bond donors (Lipinski definition) is 0. The van der Waals surface area contributed by atoms with Crippen LogP contribution in [0.15, 0.2) is 12.3 Å². The Morgan fingerprint density at radius 3 is 3.00 bits per heavy atom. The first kappa shape index (κ1) is 12.0. The summed E-state index contributed by atoms with van der Waals surface area (Å²) in [6.45, 7) is 5.25. The van der Waals surface area contributed by atoms with Crippen molar-refractivity contribution in [1.82, 2.24) is 0 Å². The van der Waals surface area contributed by atoms with Crippen molar-refractivity contribution in [1.29, 1.82) is 0 Å². The van der Waals surface area contributed by atoms with Crippen LogP contribution in [0.5, 0.6) is 0 Å². The Hall–Kier alpha value is -0.110. The molecule has 82 valence electrons. The van der Waals surface area contributed by atoms with Gasteiger partial charge in [0.1, 0.15) is 0 Å². The largest absolute Gasteiger partial charge is 0.501 e. The topological polar surface area (TPSA) is 9.23 Å². The highest BCUT2D eigenvalue weighted by molar-refractivity contribution is 8.00. The molecule has 2 heteroatoms. The number of hydrogen-bond acceptors (Lipinski definition) is 2. The van der Waals surface area contributed by atoms with Gasteiger partial charge in [-0.05, 0) is 31.9 Å². The number of thioether (sulfide) groups is 1. The summed E-state index contributed by atoms with van der Waals surface area (Å²) in [7, 11) is 0. The van der Waals surface area contributed by atoms with Crippen LogP contribution in [0.2, 0.25) is 0 Å². The van der Waals surface area contributed by atoms with Crippen LogP contribution in [0.3, 0.4) is 0 Å². The summed E-state index contributed by atoms with van der Waals surface area (Å²) in [5.74, 6) is 1.33. The Labute approximate surface area is 92.3 Å². The van der Waals surface area contributed by atoms with Crippen molar-refractivity contribution in [2.75, 3.05) is 12.4 Å². The maximum absolute atomic E-state index is 5.40. The normalized spacial score (nSPS) is 29.0. The van der Waals surface area contributed by atoms with Gasteiger partial charge in [-0.1, -0.05) is 25.8 Å². The van der Waals surface area contributed by atoms with E-state index in [-0.39, 0.29) is 0 Å². The van der Waals surface area contributed by atoms with E-state index >= 15 is 0 Å². The van der Waals surface area contributed by atoms with E-state index in [0.29, 0.717) is 4.75 Å². The third-order valence-corrected chi connectivity index (χ3v) is 4.38. The van der Waals surface area contributed by atoms with Gasteiger partial charge in [0, 0.05) is 4.75 Å². The fourth-order valence-corrected chi connectivity index (χ4v) is 3.16. The van der Waals surface area contributed by atoms with E-state index in [0.717, 1.165) is 6.61 Å². The van der Waals surface area contributed by atoms with Crippen LogP contribution in [-0.2, 0) is 4.74 Å². The van der Waals surface area contributed by atoms with E-state index in [2.05, 4.69) is 18.7 Å². The molecule has 0 aromatic carbocycles. The zero-order chi connectivity index (χ0) is 10.3. The first-order valence-corrected chi connectivity index (χ1v) is 6.62. The average Bonchev–Trinajstić information content (AvgIpc) is 2.39. The SMILES string of the molecule is C/C=C/OCCC1(C)CCCCCS1. The molecule has 0 bridgehead atoms. The summed E-state index contributed by atoms with van der Waals surface area (Å²) in [5, 5.41) is 0. The monoisotopic (exact) mass is 214 g/mol. The van der Waals surface area contributed by atoms with E-state index in [4.69, 9.17) is 4.74 Å². The van der Waals surface area contributed by atoms with Crippen molar-refractivity contribution < 1.29 is 4.74 Å². The maximum Gasteiger partial charge on any atom is 0.0886 e. The molecule has 0 N–H and O–H groups in total. The molecular formula is C12H22OS. The molecule has 0 saturated carbocycles. The summed E-state index contributed by atoms with van der Waals surface area (Å²) in [6, 6.07) is 0. The van der Waals surface area contributed by atoms with Crippen LogP contribution in [0.4, 0.5) is 0 Å². The molecule has 1 aliphatic heterocycles. The summed E-state index contributed by atoms with van der Waals surface area (Å²) < 4.78 is 5.87. The fraction of sp³-hybridized carbons (Fsp3) is 0.833. The first-order valence-electron chi connectivity index (χ1n) is 5.63. The molecule has 0 amide bonds. The van der Waals surface area contributed by atoms with Gasteiger partial charge in [-0.25, -0.2) is 0 Å². The van der Waals surface area contributed by atoms with E-state index in [1.54, 1.807) is 6.26 Å². The van der Waals surface area contributed by atoms with Gasteiger partial charge >= 0.3 is 0 Å². The average molecular weight is 214 g/mol. The van der Waals surface area contributed by atoms with Crippen LogP contribution in [0.1, 0.15) is 46.0 Å². The molecule has 1 heterocycles. The lowest BCUT2D eigenvalue weighted by atomic mass is 9.99. The molecule has 0 aliphatic carbocycles. The van der Waals surface area contributed by atoms with Gasteiger partial charge in [0.15, 0.2) is 0 Å². The Kier molecular flexibility index (Phi) is 5.46. The second-order valence-corrected chi connectivity index (χ2v) is 5.88. The highest BCUT2D eigenvalue weighted by Crippen LogP contribution is 2.37. The van der Waals surface area contributed by atoms with Crippen LogP contribution < -0.4 is 0 Å². The third kappa shape index (κ3) is 4.41. The van der Waals surface area contributed by atoms with Gasteiger partial charge in [-0.2, -0.15) is 11.8 Å². The number of allylic oxidation sites excluding steroid dienone is 1. The number of ether oxygens (including phenoxy) is 1. The molecule has 1 atom stereocenters. The van der Waals surface area contributed by atoms with Gasteiger partial charge in [-0.3, -0.25) is 0 Å². The highest BCUT2D eigenvalue weighted by Gasteiger charge is 2.25. The zero-order valence-corrected chi connectivity index (χ0v) is 10.2. The van der Waals surface area contributed by atoms with Crippen LogP contribution >= 0.6 is 11.8 Å². The van der Waals surface area contributed by atoms with Gasteiger partial charge in [0.2, 0.25) is 0 Å². The second kappa shape index (κ2) is 6.39. The summed E-state index contributed by atoms with van der Waals surface area (Å²) in [6.07, 6.45) is 10.5. The molecule has 1 aliphatic rings. The van der Waals surface area contributed by atoms with Crippen molar-refractivity contribution in [2.45, 2.75) is 50.7 Å². The molecule has 0 radical (unpaired) electrons. The van der Waals surface area contributed by atoms with Crippen LogP contribution in [-0.4, -0.2) is 17.1 Å². The van der Waals surface area contributed by atoms with E-state index in [1.165, 1.54) is 37.9 Å². The van der Waals surface area contributed by atoms with Crippen molar-refractivity contribution in [3.63, 3.8) is 0 Å². The second-order valence-electron chi connectivity index (χ2n) is 4.20. The lowest BCUT2D eigenvalue weighted by Crippen LogP contribution is -2.21. The molecular weight excluding hydrogens is 192 g/mol. The van der Waals surface area contributed by atoms with Gasteiger partial charge in [0.25, 0.3) is 0 Å². The predicted molar refractivity (Wildman–Crippen MR) is 64.7 cm³/mol. The van der Waals surface area contributed by atoms with Gasteiger partial charge < -0.3 is 4.74 Å². The summed E-state index contributed by atoms with van der Waals surface area (Å²) >= 11 is 2.14. The molecule has 1 unspecified atom stereocenters. The minimum absolute atomic E-state index is 0.470. The molecule has 0 spiro atoms. The van der Waals surface area contributed by atoms with Crippen LogP contribution in [0, 0.1) is 0 Å². The maximum atomic E-state index is 5.40. The molecule has 1 rings (SSSR count). The predicted octanol–water partition coefficient (Wildman–Crippen LogP) is 3.99. The minimum atomic E-state index is 0.470. The first-order chi connectivity index (χ1) is 6.77. The Bertz CT molecular complexity index is 169. The highest BCUT2D eigenvalue weighted by atomic mass is 32.2. The Morgan fingerprint density at radius 2 is 2.21 bits per heavy atom. The fourth-order valence-electron chi connectivity index (χ4n) is 1.80. The van der Waals surface area contributed by atoms with E-state index in [1.807, 2.05) is 13.0 Å². The van der Waals surface area contributed by atoms with Crippen molar-refractivity contribution in [3.8, 4) is 0 Å². The van der Waals surface area contributed by atoms with Gasteiger partial charge in [0.05, 0.1) is 12.9 Å². The quantitative estimate of drug-likeness (QED) is 0.517. The van der Waals surface area contributed by atoms with Gasteiger partial charge in [-0.15, -0.1) is 0 Å². The molecule has 1 saturated heterocycles. The molecule has 0 aromatic rings. The lowest BCUT2D eigenvalue weighted by molar-refractivity contribution is 0.229. The zero-order valence-electron chi connectivity index (χ0n) is 9.42. The van der Waals surface area contributed by atoms with Crippen molar-refractivity contribution in [2.24, 2.45) is 0 Å². The van der Waals surface area contributed by atoms with Crippen molar-refractivity contribution >= 4 is 11.8 Å². The summed E-state index contributed by atoms with van der Waals surface area (Å²) in [5.41, 5.74) is 0.